The van der Waals surface area contributed by atoms with Gasteiger partial charge in [0.2, 0.25) is 21.6 Å². The van der Waals surface area contributed by atoms with E-state index in [2.05, 4.69) is 4.72 Å². The SMILES string of the molecule is CC(C)CNS(=O)(=O)C1=C(N2CCOCC2)C(=O)c2ccccc2C1=O. The van der Waals surface area contributed by atoms with Gasteiger partial charge in [-0.3, -0.25) is 9.59 Å². The molecule has 0 unspecified atom stereocenters. The predicted octanol–water partition coefficient (Wildman–Crippen LogP) is 1.18. The lowest BCUT2D eigenvalue weighted by molar-refractivity contribution is 0.0499. The second-order valence-electron chi connectivity index (χ2n) is 6.73. The summed E-state index contributed by atoms with van der Waals surface area (Å²) in [6.07, 6.45) is 0. The molecule has 1 fully saturated rings. The molecule has 1 heterocycles. The van der Waals surface area contributed by atoms with E-state index in [0.717, 1.165) is 0 Å². The van der Waals surface area contributed by atoms with Gasteiger partial charge in [0.25, 0.3) is 0 Å². The third-order valence-corrected chi connectivity index (χ3v) is 5.79. The van der Waals surface area contributed by atoms with Crippen LogP contribution in [0.25, 0.3) is 0 Å². The van der Waals surface area contributed by atoms with Gasteiger partial charge in [-0.1, -0.05) is 38.1 Å². The number of benzene rings is 1. The maximum absolute atomic E-state index is 13.1. The van der Waals surface area contributed by atoms with Crippen molar-refractivity contribution in [3.63, 3.8) is 0 Å². The smallest absolute Gasteiger partial charge is 0.246 e. The van der Waals surface area contributed by atoms with Crippen LogP contribution in [-0.4, -0.2) is 57.7 Å². The van der Waals surface area contributed by atoms with Crippen molar-refractivity contribution in [3.8, 4) is 0 Å². The van der Waals surface area contributed by atoms with Crippen LogP contribution in [-0.2, 0) is 14.8 Å². The quantitative estimate of drug-likeness (QED) is 0.827. The summed E-state index contributed by atoms with van der Waals surface area (Å²) in [6.45, 7) is 5.38. The van der Waals surface area contributed by atoms with Crippen LogP contribution in [0.4, 0.5) is 0 Å². The monoisotopic (exact) mass is 378 g/mol. The molecule has 7 nitrogen and oxygen atoms in total. The molecule has 1 aromatic carbocycles. The fourth-order valence-corrected chi connectivity index (χ4v) is 4.54. The van der Waals surface area contributed by atoms with Crippen LogP contribution >= 0.6 is 0 Å². The average Bonchev–Trinajstić information content (AvgIpc) is 2.63. The van der Waals surface area contributed by atoms with Crippen molar-refractivity contribution in [3.05, 3.63) is 46.0 Å². The largest absolute Gasteiger partial charge is 0.378 e. The number of carbonyl (C=O) groups excluding carboxylic acids is 2. The number of carbonyl (C=O) groups is 2. The second kappa shape index (κ2) is 7.30. The number of morpholine rings is 1. The van der Waals surface area contributed by atoms with Crippen LogP contribution < -0.4 is 4.72 Å². The Bertz CT molecular complexity index is 867. The topological polar surface area (TPSA) is 92.8 Å². The van der Waals surface area contributed by atoms with Gasteiger partial charge in [-0.15, -0.1) is 0 Å². The number of allylic oxidation sites excluding steroid dienone is 2. The Balaban J connectivity index is 2.15. The summed E-state index contributed by atoms with van der Waals surface area (Å²) < 4.78 is 33.6. The van der Waals surface area contributed by atoms with Gasteiger partial charge in [-0.25, -0.2) is 13.1 Å². The Morgan fingerprint density at radius 2 is 1.65 bits per heavy atom. The van der Waals surface area contributed by atoms with E-state index < -0.39 is 26.5 Å². The number of fused-ring (bicyclic) bond motifs is 1. The Morgan fingerprint density at radius 1 is 1.08 bits per heavy atom. The highest BCUT2D eigenvalue weighted by molar-refractivity contribution is 7.94. The number of nitrogens with one attached hydrogen (secondary N) is 1. The molecule has 1 saturated heterocycles. The Hall–Kier alpha value is -2.03. The zero-order valence-corrected chi connectivity index (χ0v) is 15.6. The molecule has 0 amide bonds. The number of sulfonamides is 1. The van der Waals surface area contributed by atoms with Crippen molar-refractivity contribution < 1.29 is 22.7 Å². The first-order valence-electron chi connectivity index (χ1n) is 8.58. The molecule has 0 atom stereocenters. The van der Waals surface area contributed by atoms with Gasteiger partial charge < -0.3 is 9.64 Å². The lowest BCUT2D eigenvalue weighted by Gasteiger charge is -2.33. The summed E-state index contributed by atoms with van der Waals surface area (Å²) in [4.78, 5) is 27.3. The van der Waals surface area contributed by atoms with Crippen LogP contribution in [0.5, 0.6) is 0 Å². The molecular formula is C18H22N2O5S. The lowest BCUT2D eigenvalue weighted by Crippen LogP contribution is -2.44. The highest BCUT2D eigenvalue weighted by atomic mass is 32.2. The Kier molecular flexibility index (Phi) is 5.27. The molecule has 8 heteroatoms. The van der Waals surface area contributed by atoms with Crippen molar-refractivity contribution in [1.82, 2.24) is 9.62 Å². The van der Waals surface area contributed by atoms with Crippen molar-refractivity contribution >= 4 is 21.6 Å². The molecule has 2 aliphatic rings. The highest BCUT2D eigenvalue weighted by Crippen LogP contribution is 2.31. The van der Waals surface area contributed by atoms with E-state index in [1.165, 1.54) is 6.07 Å². The van der Waals surface area contributed by atoms with Crippen molar-refractivity contribution in [2.24, 2.45) is 5.92 Å². The van der Waals surface area contributed by atoms with E-state index in [1.54, 1.807) is 23.1 Å². The summed E-state index contributed by atoms with van der Waals surface area (Å²) in [5, 5.41) is 0. The minimum atomic E-state index is -4.12. The third kappa shape index (κ3) is 3.44. The third-order valence-electron chi connectivity index (χ3n) is 4.33. The minimum absolute atomic E-state index is 0.0479. The van der Waals surface area contributed by atoms with Crippen LogP contribution in [0.15, 0.2) is 34.9 Å². The molecule has 0 aromatic heterocycles. The Labute approximate surface area is 153 Å². The first kappa shape index (κ1) is 18.8. The normalized spacial score (nSPS) is 18.5. The van der Waals surface area contributed by atoms with Gasteiger partial charge in [0.15, 0.2) is 4.91 Å². The predicted molar refractivity (Wildman–Crippen MR) is 96.3 cm³/mol. The zero-order valence-electron chi connectivity index (χ0n) is 14.8. The summed E-state index contributed by atoms with van der Waals surface area (Å²) >= 11 is 0. The van der Waals surface area contributed by atoms with Crippen LogP contribution in [0.3, 0.4) is 0 Å². The maximum Gasteiger partial charge on any atom is 0.246 e. The number of ketones is 2. The molecule has 26 heavy (non-hydrogen) atoms. The number of hydrogen-bond acceptors (Lipinski definition) is 6. The highest BCUT2D eigenvalue weighted by Gasteiger charge is 2.41. The molecule has 0 spiro atoms. The second-order valence-corrected chi connectivity index (χ2v) is 8.43. The standard InChI is InChI=1S/C18H22N2O5S/c1-12(2)11-19-26(23,24)18-15(20-7-9-25-10-8-20)16(21)13-5-3-4-6-14(13)17(18)22/h3-6,12,19H,7-11H2,1-2H3. The molecule has 1 aliphatic carbocycles. The Morgan fingerprint density at radius 3 is 2.23 bits per heavy atom. The van der Waals surface area contributed by atoms with Gasteiger partial charge in [-0.2, -0.15) is 0 Å². The van der Waals surface area contributed by atoms with Gasteiger partial charge >= 0.3 is 0 Å². The van der Waals surface area contributed by atoms with E-state index in [0.29, 0.717) is 26.3 Å². The number of ether oxygens (including phenoxy) is 1. The molecule has 0 bridgehead atoms. The number of rotatable bonds is 5. The fourth-order valence-electron chi connectivity index (χ4n) is 3.01. The molecular weight excluding hydrogens is 356 g/mol. The van der Waals surface area contributed by atoms with Crippen molar-refractivity contribution in [1.29, 1.82) is 0 Å². The fraction of sp³-hybridized carbons (Fsp3) is 0.444. The average molecular weight is 378 g/mol. The number of nitrogens with zero attached hydrogens (tertiary/aromatic N) is 1. The van der Waals surface area contributed by atoms with Gasteiger partial charge in [-0.05, 0) is 5.92 Å². The first-order valence-corrected chi connectivity index (χ1v) is 10.1. The number of hydrogen-bond donors (Lipinski definition) is 1. The van der Waals surface area contributed by atoms with Crippen LogP contribution in [0, 0.1) is 5.92 Å². The molecule has 1 N–H and O–H groups in total. The molecule has 1 aliphatic heterocycles. The lowest BCUT2D eigenvalue weighted by atomic mass is 9.91. The van der Waals surface area contributed by atoms with Gasteiger partial charge in [0.05, 0.1) is 13.2 Å². The molecule has 0 saturated carbocycles. The van der Waals surface area contributed by atoms with Crippen LogP contribution in [0.2, 0.25) is 0 Å². The minimum Gasteiger partial charge on any atom is -0.378 e. The van der Waals surface area contributed by atoms with E-state index in [-0.39, 0.29) is 29.3 Å². The molecule has 140 valence electrons. The molecule has 1 aromatic rings. The van der Waals surface area contributed by atoms with Crippen LogP contribution in [0.1, 0.15) is 34.6 Å². The maximum atomic E-state index is 13.1. The zero-order chi connectivity index (χ0) is 18.9. The molecule has 3 rings (SSSR count). The van der Waals surface area contributed by atoms with Crippen molar-refractivity contribution in [2.45, 2.75) is 13.8 Å². The van der Waals surface area contributed by atoms with E-state index >= 15 is 0 Å². The van der Waals surface area contributed by atoms with Gasteiger partial charge in [0, 0.05) is 30.8 Å². The first-order chi connectivity index (χ1) is 12.3. The van der Waals surface area contributed by atoms with E-state index in [1.807, 2.05) is 13.8 Å². The summed E-state index contributed by atoms with van der Waals surface area (Å²) in [5.41, 5.74) is 0.314. The molecule has 0 radical (unpaired) electrons. The summed E-state index contributed by atoms with van der Waals surface area (Å²) in [6, 6.07) is 6.33. The van der Waals surface area contributed by atoms with Crippen molar-refractivity contribution in [2.75, 3.05) is 32.8 Å². The summed E-state index contributed by atoms with van der Waals surface area (Å²) in [5.74, 6) is -1.01. The van der Waals surface area contributed by atoms with E-state index in [4.69, 9.17) is 4.74 Å². The van der Waals surface area contributed by atoms with E-state index in [9.17, 15) is 18.0 Å². The number of Topliss-reactive ketones (excluding diaryl/α,β-unsaturated/α-hetero) is 2. The van der Waals surface area contributed by atoms with Gasteiger partial charge in [0.1, 0.15) is 5.70 Å². The summed E-state index contributed by atoms with van der Waals surface area (Å²) in [7, 11) is -4.12.